The minimum absolute atomic E-state index is 0.00336. The Morgan fingerprint density at radius 1 is 1.33 bits per heavy atom. The van der Waals surface area contributed by atoms with Crippen molar-refractivity contribution in [2.24, 2.45) is 5.92 Å². The quantitative estimate of drug-likeness (QED) is 0.639. The molecule has 0 unspecified atom stereocenters. The topological polar surface area (TPSA) is 55.1 Å². The Morgan fingerprint density at radius 3 is 2.76 bits per heavy atom. The van der Waals surface area contributed by atoms with Gasteiger partial charge < -0.3 is 11.1 Å². The van der Waals surface area contributed by atoms with Crippen LogP contribution in [-0.4, -0.2) is 11.9 Å². The molecule has 0 aliphatic heterocycles. The minimum atomic E-state index is -0.00336. The number of nitrogen functional groups attached to an aromatic ring is 1. The first-order valence-corrected chi connectivity index (χ1v) is 8.01. The number of carbonyl (C=O) groups is 1. The van der Waals surface area contributed by atoms with E-state index in [0.717, 1.165) is 24.3 Å². The molecule has 2 rings (SSSR count). The van der Waals surface area contributed by atoms with Crippen LogP contribution >= 0.6 is 0 Å². The largest absolute Gasteiger partial charge is 0.399 e. The summed E-state index contributed by atoms with van der Waals surface area (Å²) >= 11 is 0. The Morgan fingerprint density at radius 2 is 2.10 bits per heavy atom. The Hall–Kier alpha value is -1.77. The molecule has 3 nitrogen and oxygen atoms in total. The molecule has 0 saturated heterocycles. The molecule has 1 aromatic rings. The molecule has 1 aliphatic rings. The van der Waals surface area contributed by atoms with Gasteiger partial charge in [0.25, 0.3) is 0 Å². The fourth-order valence-corrected chi connectivity index (χ4v) is 3.09. The zero-order chi connectivity index (χ0) is 15.1. The first kappa shape index (κ1) is 15.6. The number of amides is 1. The van der Waals surface area contributed by atoms with E-state index in [1.165, 1.54) is 25.7 Å². The first-order valence-electron chi connectivity index (χ1n) is 8.01. The van der Waals surface area contributed by atoms with Crippen molar-refractivity contribution >= 4 is 17.7 Å². The van der Waals surface area contributed by atoms with Gasteiger partial charge in [-0.1, -0.05) is 31.9 Å². The van der Waals surface area contributed by atoms with E-state index in [4.69, 9.17) is 5.73 Å². The monoisotopic (exact) mass is 286 g/mol. The molecule has 21 heavy (non-hydrogen) atoms. The lowest BCUT2D eigenvalue weighted by molar-refractivity contribution is -0.117. The highest BCUT2D eigenvalue weighted by molar-refractivity contribution is 5.92. The van der Waals surface area contributed by atoms with Gasteiger partial charge in [-0.15, -0.1) is 0 Å². The van der Waals surface area contributed by atoms with Crippen molar-refractivity contribution in [3.63, 3.8) is 0 Å². The van der Waals surface area contributed by atoms with Crippen molar-refractivity contribution in [2.75, 3.05) is 5.73 Å². The van der Waals surface area contributed by atoms with Crippen molar-refractivity contribution in [1.82, 2.24) is 5.32 Å². The summed E-state index contributed by atoms with van der Waals surface area (Å²) in [5.74, 6) is 0.863. The van der Waals surface area contributed by atoms with Crippen LogP contribution in [0.3, 0.4) is 0 Å². The summed E-state index contributed by atoms with van der Waals surface area (Å²) < 4.78 is 0. The first-order chi connectivity index (χ1) is 10.2. The van der Waals surface area contributed by atoms with E-state index in [0.29, 0.717) is 11.7 Å². The van der Waals surface area contributed by atoms with Crippen LogP contribution in [0.25, 0.3) is 6.08 Å². The van der Waals surface area contributed by atoms with Crippen molar-refractivity contribution < 1.29 is 4.79 Å². The number of nitrogens with two attached hydrogens (primary N) is 1. The number of benzene rings is 1. The van der Waals surface area contributed by atoms with E-state index in [1.807, 2.05) is 30.3 Å². The van der Waals surface area contributed by atoms with Gasteiger partial charge in [-0.05, 0) is 55.4 Å². The predicted octanol–water partition coefficient (Wildman–Crippen LogP) is 3.76. The number of anilines is 1. The normalized spacial score (nSPS) is 22.3. The third-order valence-corrected chi connectivity index (χ3v) is 4.23. The Labute approximate surface area is 127 Å². The summed E-state index contributed by atoms with van der Waals surface area (Å²) in [7, 11) is 0. The molecular formula is C18H26N2O. The van der Waals surface area contributed by atoms with Crippen LogP contribution < -0.4 is 11.1 Å². The SMILES string of the molecule is CCCC1CCC(NC(=O)/C=C/c2cccc(N)c2)CC1. The summed E-state index contributed by atoms with van der Waals surface area (Å²) in [4.78, 5) is 11.9. The lowest BCUT2D eigenvalue weighted by Gasteiger charge is -2.28. The molecule has 3 heteroatoms. The van der Waals surface area contributed by atoms with Gasteiger partial charge in [0, 0.05) is 17.8 Å². The molecule has 1 fully saturated rings. The maximum atomic E-state index is 11.9. The van der Waals surface area contributed by atoms with Crippen LogP contribution in [0.2, 0.25) is 0 Å². The molecule has 0 spiro atoms. The molecule has 0 radical (unpaired) electrons. The van der Waals surface area contributed by atoms with Crippen LogP contribution in [0.15, 0.2) is 30.3 Å². The maximum Gasteiger partial charge on any atom is 0.244 e. The average molecular weight is 286 g/mol. The molecule has 0 aromatic heterocycles. The fraction of sp³-hybridized carbons (Fsp3) is 0.500. The standard InChI is InChI=1S/C18H26N2O/c1-2-4-14-7-10-17(11-8-14)20-18(21)12-9-15-5-3-6-16(19)13-15/h3,5-6,9,12-14,17H,2,4,7-8,10-11,19H2,1H3,(H,20,21)/b12-9+. The smallest absolute Gasteiger partial charge is 0.244 e. The van der Waals surface area contributed by atoms with Gasteiger partial charge in [0.2, 0.25) is 5.91 Å². The molecule has 1 aliphatic carbocycles. The summed E-state index contributed by atoms with van der Waals surface area (Å²) in [6.07, 6.45) is 10.7. The van der Waals surface area contributed by atoms with Crippen molar-refractivity contribution in [3.8, 4) is 0 Å². The molecule has 1 saturated carbocycles. The third-order valence-electron chi connectivity index (χ3n) is 4.23. The molecule has 114 valence electrons. The highest BCUT2D eigenvalue weighted by atomic mass is 16.1. The molecular weight excluding hydrogens is 260 g/mol. The summed E-state index contributed by atoms with van der Waals surface area (Å²) in [5.41, 5.74) is 7.39. The number of nitrogens with one attached hydrogen (secondary N) is 1. The van der Waals surface area contributed by atoms with Crippen LogP contribution in [0.4, 0.5) is 5.69 Å². The Kier molecular flexibility index (Phi) is 5.85. The van der Waals surface area contributed by atoms with Crippen molar-refractivity contribution in [1.29, 1.82) is 0 Å². The van der Waals surface area contributed by atoms with Gasteiger partial charge >= 0.3 is 0 Å². The van der Waals surface area contributed by atoms with Gasteiger partial charge in [0.1, 0.15) is 0 Å². The van der Waals surface area contributed by atoms with Crippen LogP contribution in [0, 0.1) is 5.92 Å². The van der Waals surface area contributed by atoms with Crippen LogP contribution in [0.1, 0.15) is 51.0 Å². The van der Waals surface area contributed by atoms with Crippen molar-refractivity contribution in [3.05, 3.63) is 35.9 Å². The highest BCUT2D eigenvalue weighted by Crippen LogP contribution is 2.27. The second kappa shape index (κ2) is 7.87. The summed E-state index contributed by atoms with van der Waals surface area (Å²) in [5, 5.41) is 3.11. The second-order valence-electron chi connectivity index (χ2n) is 6.02. The molecule has 1 amide bonds. The number of hydrogen-bond acceptors (Lipinski definition) is 2. The van der Waals surface area contributed by atoms with Gasteiger partial charge in [0.15, 0.2) is 0 Å². The van der Waals surface area contributed by atoms with Crippen LogP contribution in [-0.2, 0) is 4.79 Å². The van der Waals surface area contributed by atoms with Gasteiger partial charge in [0.05, 0.1) is 0 Å². The minimum Gasteiger partial charge on any atom is -0.399 e. The van der Waals surface area contributed by atoms with Gasteiger partial charge in [-0.3, -0.25) is 4.79 Å². The summed E-state index contributed by atoms with van der Waals surface area (Å²) in [6, 6.07) is 7.88. The predicted molar refractivity (Wildman–Crippen MR) is 88.7 cm³/mol. The highest BCUT2D eigenvalue weighted by Gasteiger charge is 2.21. The molecule has 1 aromatic carbocycles. The maximum absolute atomic E-state index is 11.9. The lowest BCUT2D eigenvalue weighted by Crippen LogP contribution is -2.36. The number of rotatable bonds is 5. The van der Waals surface area contributed by atoms with E-state index in [2.05, 4.69) is 12.2 Å². The Balaban J connectivity index is 1.77. The number of hydrogen-bond donors (Lipinski definition) is 2. The average Bonchev–Trinajstić information content (AvgIpc) is 2.48. The molecule has 3 N–H and O–H groups in total. The zero-order valence-electron chi connectivity index (χ0n) is 12.8. The second-order valence-corrected chi connectivity index (χ2v) is 6.02. The van der Waals surface area contributed by atoms with E-state index in [1.54, 1.807) is 6.08 Å². The van der Waals surface area contributed by atoms with E-state index >= 15 is 0 Å². The third kappa shape index (κ3) is 5.25. The van der Waals surface area contributed by atoms with Gasteiger partial charge in [-0.25, -0.2) is 0 Å². The lowest BCUT2D eigenvalue weighted by atomic mass is 9.83. The Bertz CT molecular complexity index is 488. The van der Waals surface area contributed by atoms with Gasteiger partial charge in [-0.2, -0.15) is 0 Å². The molecule has 0 heterocycles. The van der Waals surface area contributed by atoms with E-state index < -0.39 is 0 Å². The fourth-order valence-electron chi connectivity index (χ4n) is 3.09. The zero-order valence-corrected chi connectivity index (χ0v) is 12.8. The van der Waals surface area contributed by atoms with E-state index in [9.17, 15) is 4.79 Å². The summed E-state index contributed by atoms with van der Waals surface area (Å²) in [6.45, 7) is 2.25. The number of carbonyl (C=O) groups excluding carboxylic acids is 1. The molecule has 0 bridgehead atoms. The molecule has 0 atom stereocenters. The van der Waals surface area contributed by atoms with Crippen molar-refractivity contribution in [2.45, 2.75) is 51.5 Å². The van der Waals surface area contributed by atoms with Crippen LogP contribution in [0.5, 0.6) is 0 Å². The van der Waals surface area contributed by atoms with E-state index in [-0.39, 0.29) is 5.91 Å².